The van der Waals surface area contributed by atoms with E-state index in [-0.39, 0.29) is 28.7 Å². The molecule has 0 fully saturated rings. The lowest BCUT2D eigenvalue weighted by atomic mass is 9.97. The Bertz CT molecular complexity index is 859. The van der Waals surface area contributed by atoms with E-state index in [4.69, 9.17) is 4.74 Å². The second kappa shape index (κ2) is 4.64. The molecule has 23 heavy (non-hydrogen) atoms. The van der Waals surface area contributed by atoms with Crippen LogP contribution in [0.5, 0.6) is 5.75 Å². The predicted molar refractivity (Wildman–Crippen MR) is 72.5 cm³/mol. The number of carbonyl (C=O) groups is 4. The van der Waals surface area contributed by atoms with Gasteiger partial charge in [0.05, 0.1) is 22.3 Å². The molecule has 0 spiro atoms. The van der Waals surface area contributed by atoms with E-state index in [0.29, 0.717) is 5.75 Å². The summed E-state index contributed by atoms with van der Waals surface area (Å²) in [7, 11) is 0. The molecule has 2 heterocycles. The van der Waals surface area contributed by atoms with Gasteiger partial charge in [-0.25, -0.2) is 19.2 Å². The number of benzene rings is 1. The zero-order chi connectivity index (χ0) is 16.1. The van der Waals surface area contributed by atoms with E-state index < -0.39 is 30.0 Å². The maximum atomic E-state index is 11.6. The molecule has 0 radical (unpaired) electrons. The van der Waals surface area contributed by atoms with Crippen molar-refractivity contribution in [1.29, 1.82) is 0 Å². The molecule has 1 aliphatic carbocycles. The van der Waals surface area contributed by atoms with Crippen LogP contribution in [0.15, 0.2) is 41.5 Å². The molecule has 3 aliphatic rings. The van der Waals surface area contributed by atoms with Crippen molar-refractivity contribution in [3.63, 3.8) is 0 Å². The first kappa shape index (κ1) is 13.4. The van der Waals surface area contributed by atoms with Crippen molar-refractivity contribution >= 4 is 23.9 Å². The van der Waals surface area contributed by atoms with Gasteiger partial charge in [0.15, 0.2) is 0 Å². The Kier molecular flexibility index (Phi) is 2.71. The van der Waals surface area contributed by atoms with Gasteiger partial charge in [-0.05, 0) is 30.4 Å². The van der Waals surface area contributed by atoms with Gasteiger partial charge >= 0.3 is 23.9 Å². The minimum atomic E-state index is -0.718. The Hall–Kier alpha value is -3.22. The molecule has 7 heteroatoms. The highest BCUT2D eigenvalue weighted by Crippen LogP contribution is 2.30. The highest BCUT2D eigenvalue weighted by Gasteiger charge is 2.36. The van der Waals surface area contributed by atoms with E-state index in [2.05, 4.69) is 9.47 Å². The summed E-state index contributed by atoms with van der Waals surface area (Å²) in [6, 6.07) is 4.40. The zero-order valence-electron chi connectivity index (χ0n) is 11.5. The minimum Gasteiger partial charge on any atom is -0.486 e. The van der Waals surface area contributed by atoms with Crippen molar-refractivity contribution in [3.05, 3.63) is 52.6 Å². The molecular weight excluding hydrogens is 304 g/mol. The number of hydrogen-bond donors (Lipinski definition) is 0. The molecule has 0 saturated carbocycles. The van der Waals surface area contributed by atoms with E-state index in [1.807, 2.05) is 0 Å². The summed E-state index contributed by atoms with van der Waals surface area (Å²) in [5.41, 5.74) is 0.857. The molecule has 1 unspecified atom stereocenters. The van der Waals surface area contributed by atoms with Crippen molar-refractivity contribution in [1.82, 2.24) is 0 Å². The topological polar surface area (TPSA) is 96.0 Å². The van der Waals surface area contributed by atoms with Gasteiger partial charge in [-0.2, -0.15) is 0 Å². The van der Waals surface area contributed by atoms with Crippen molar-refractivity contribution < 1.29 is 33.4 Å². The van der Waals surface area contributed by atoms with Gasteiger partial charge in [0.1, 0.15) is 11.9 Å². The Balaban J connectivity index is 1.56. The Morgan fingerprint density at radius 1 is 0.913 bits per heavy atom. The summed E-state index contributed by atoms with van der Waals surface area (Å²) in [5, 5.41) is 0. The fourth-order valence-electron chi connectivity index (χ4n) is 2.66. The molecule has 0 bridgehead atoms. The fourth-order valence-corrected chi connectivity index (χ4v) is 2.66. The van der Waals surface area contributed by atoms with Crippen LogP contribution in [-0.2, 0) is 19.1 Å². The number of carbonyl (C=O) groups excluding carboxylic acids is 4. The Morgan fingerprint density at radius 2 is 1.65 bits per heavy atom. The molecule has 1 atom stereocenters. The summed E-state index contributed by atoms with van der Waals surface area (Å²) in [4.78, 5) is 45.9. The van der Waals surface area contributed by atoms with E-state index in [9.17, 15) is 19.2 Å². The maximum absolute atomic E-state index is 11.6. The smallest absolute Gasteiger partial charge is 0.347 e. The molecule has 1 aromatic carbocycles. The molecule has 0 aromatic heterocycles. The normalized spacial score (nSPS) is 22.0. The largest absolute Gasteiger partial charge is 0.486 e. The van der Waals surface area contributed by atoms with Gasteiger partial charge in [-0.3, -0.25) is 0 Å². The van der Waals surface area contributed by atoms with Crippen LogP contribution in [-0.4, -0.2) is 30.0 Å². The molecule has 7 nitrogen and oxygen atoms in total. The molecule has 1 aromatic rings. The average molecular weight is 312 g/mol. The second-order valence-corrected chi connectivity index (χ2v) is 5.17. The van der Waals surface area contributed by atoms with Gasteiger partial charge in [0.25, 0.3) is 0 Å². The third-order valence-electron chi connectivity index (χ3n) is 3.76. The van der Waals surface area contributed by atoms with Crippen LogP contribution in [0.3, 0.4) is 0 Å². The molecule has 0 N–H and O–H groups in total. The lowest BCUT2D eigenvalue weighted by Crippen LogP contribution is -2.19. The third kappa shape index (κ3) is 2.05. The van der Waals surface area contributed by atoms with E-state index in [0.717, 1.165) is 0 Å². The van der Waals surface area contributed by atoms with Gasteiger partial charge in [0.2, 0.25) is 0 Å². The van der Waals surface area contributed by atoms with Gasteiger partial charge < -0.3 is 14.2 Å². The maximum Gasteiger partial charge on any atom is 0.347 e. The summed E-state index contributed by atoms with van der Waals surface area (Å²) in [6.07, 6.45) is 2.83. The first-order valence-corrected chi connectivity index (χ1v) is 6.78. The van der Waals surface area contributed by atoms with Gasteiger partial charge in [-0.15, -0.1) is 0 Å². The third-order valence-corrected chi connectivity index (χ3v) is 3.76. The first-order valence-electron chi connectivity index (χ1n) is 6.78. The number of rotatable bonds is 2. The van der Waals surface area contributed by atoms with E-state index >= 15 is 0 Å². The van der Waals surface area contributed by atoms with Gasteiger partial charge in [-0.1, -0.05) is 0 Å². The quantitative estimate of drug-likeness (QED) is 0.595. The number of esters is 4. The van der Waals surface area contributed by atoms with Crippen molar-refractivity contribution in [2.45, 2.75) is 12.5 Å². The lowest BCUT2D eigenvalue weighted by Gasteiger charge is -2.18. The second-order valence-electron chi connectivity index (χ2n) is 5.17. The number of hydrogen-bond acceptors (Lipinski definition) is 7. The fraction of sp³-hybridized carbons (Fsp3) is 0.125. The molecule has 114 valence electrons. The van der Waals surface area contributed by atoms with E-state index in [1.165, 1.54) is 24.3 Å². The SMILES string of the molecule is O=C1OC(=O)C2=C1C=CC(Oc1ccc3c(c1)C(=O)OC3=O)C2. The molecule has 0 amide bonds. The molecular formula is C16H8O7. The van der Waals surface area contributed by atoms with Crippen LogP contribution in [0.1, 0.15) is 27.1 Å². The van der Waals surface area contributed by atoms with Crippen LogP contribution in [0.25, 0.3) is 0 Å². The summed E-state index contributed by atoms with van der Waals surface area (Å²) in [5.74, 6) is -2.36. The van der Waals surface area contributed by atoms with Crippen LogP contribution >= 0.6 is 0 Å². The zero-order valence-corrected chi connectivity index (χ0v) is 11.5. The highest BCUT2D eigenvalue weighted by molar-refractivity contribution is 6.15. The monoisotopic (exact) mass is 312 g/mol. The number of cyclic esters (lactones) is 4. The Morgan fingerprint density at radius 3 is 2.48 bits per heavy atom. The molecule has 4 rings (SSSR count). The summed E-state index contributed by atoms with van der Waals surface area (Å²) in [6.45, 7) is 0. The van der Waals surface area contributed by atoms with Crippen LogP contribution in [0.2, 0.25) is 0 Å². The van der Waals surface area contributed by atoms with E-state index in [1.54, 1.807) is 6.08 Å². The summed E-state index contributed by atoms with van der Waals surface area (Å²) < 4.78 is 14.7. The average Bonchev–Trinajstić information content (AvgIpc) is 2.96. The van der Waals surface area contributed by atoms with Crippen LogP contribution in [0.4, 0.5) is 0 Å². The first-order chi connectivity index (χ1) is 11.0. The minimum absolute atomic E-state index is 0.141. The number of fused-ring (bicyclic) bond motifs is 1. The van der Waals surface area contributed by atoms with Gasteiger partial charge in [0, 0.05) is 6.42 Å². The van der Waals surface area contributed by atoms with Crippen LogP contribution < -0.4 is 4.74 Å². The van der Waals surface area contributed by atoms with Crippen molar-refractivity contribution in [2.24, 2.45) is 0 Å². The summed E-state index contributed by atoms with van der Waals surface area (Å²) >= 11 is 0. The standard InChI is InChI=1S/C16H8O7/c17-13-9-3-1-7(5-11(9)15(19)22-13)21-8-2-4-10-12(6-8)16(20)23-14(10)18/h1-5,8H,6H2. The van der Waals surface area contributed by atoms with Crippen LogP contribution in [0, 0.1) is 0 Å². The molecule has 0 saturated heterocycles. The molecule has 2 aliphatic heterocycles. The number of ether oxygens (including phenoxy) is 3. The highest BCUT2D eigenvalue weighted by atomic mass is 16.6. The predicted octanol–water partition coefficient (Wildman–Crippen LogP) is 1.08. The van der Waals surface area contributed by atoms with Crippen molar-refractivity contribution in [3.8, 4) is 5.75 Å². The Labute approximate surface area is 129 Å². The lowest BCUT2D eigenvalue weighted by molar-refractivity contribution is -0.151. The van der Waals surface area contributed by atoms with Crippen molar-refractivity contribution in [2.75, 3.05) is 0 Å².